The van der Waals surface area contributed by atoms with E-state index in [9.17, 15) is 9.18 Å². The Morgan fingerprint density at radius 3 is 2.63 bits per heavy atom. The van der Waals surface area contributed by atoms with Gasteiger partial charge in [-0.15, -0.1) is 10.2 Å². The first-order valence-corrected chi connectivity index (χ1v) is 9.36. The van der Waals surface area contributed by atoms with E-state index in [1.54, 1.807) is 17.4 Å². The molecule has 0 saturated carbocycles. The average molecular weight is 399 g/mol. The number of halogens is 1. The molecule has 0 unspecified atom stereocenters. The van der Waals surface area contributed by atoms with Crippen LogP contribution in [0.4, 0.5) is 10.3 Å². The summed E-state index contributed by atoms with van der Waals surface area (Å²) in [6, 6.07) is 17.9. The summed E-state index contributed by atoms with van der Waals surface area (Å²) in [5.41, 5.74) is 10.4. The molecule has 2 aromatic carbocycles. The number of benzene rings is 2. The van der Waals surface area contributed by atoms with Gasteiger partial charge in [0.15, 0.2) is 5.65 Å². The van der Waals surface area contributed by atoms with Crippen molar-refractivity contribution in [2.45, 2.75) is 19.8 Å². The SMILES string of the molecule is Cc1cc(CC(=O)Cc2ccc(-c3cccc4nnc(N)n34)cc2)c(F)cc1C#N. The lowest BCUT2D eigenvalue weighted by molar-refractivity contribution is -0.117. The number of rotatable bonds is 5. The smallest absolute Gasteiger partial charge is 0.226 e. The third kappa shape index (κ3) is 3.63. The first kappa shape index (κ1) is 19.3. The Morgan fingerprint density at radius 2 is 1.90 bits per heavy atom. The standard InChI is InChI=1S/C23H18FN5O/c1-14-9-17(20(24)12-18(14)13-25)11-19(30)10-15-5-7-16(8-6-15)21-3-2-4-22-27-28-23(26)29(21)22/h2-9,12H,10-11H2,1H3,(H2,26,28). The van der Waals surface area contributed by atoms with Crippen molar-refractivity contribution in [1.29, 1.82) is 5.26 Å². The number of hydrogen-bond donors (Lipinski definition) is 1. The van der Waals surface area contributed by atoms with Crippen molar-refractivity contribution in [3.8, 4) is 17.3 Å². The maximum absolute atomic E-state index is 14.2. The number of nitrogens with two attached hydrogens (primary N) is 1. The number of anilines is 1. The summed E-state index contributed by atoms with van der Waals surface area (Å²) >= 11 is 0. The summed E-state index contributed by atoms with van der Waals surface area (Å²) in [5, 5.41) is 16.9. The van der Waals surface area contributed by atoms with Gasteiger partial charge in [-0.05, 0) is 47.4 Å². The molecule has 4 rings (SSSR count). The molecule has 0 fully saturated rings. The van der Waals surface area contributed by atoms with E-state index in [1.165, 1.54) is 6.07 Å². The number of aryl methyl sites for hydroxylation is 1. The molecule has 0 amide bonds. The third-order valence-corrected chi connectivity index (χ3v) is 5.01. The van der Waals surface area contributed by atoms with Crippen molar-refractivity contribution in [3.05, 3.63) is 82.7 Å². The Labute approximate surface area is 172 Å². The summed E-state index contributed by atoms with van der Waals surface area (Å²) in [7, 11) is 0. The van der Waals surface area contributed by atoms with E-state index < -0.39 is 5.82 Å². The molecule has 0 aliphatic heterocycles. The molecule has 6 nitrogen and oxygen atoms in total. The Kier molecular flexibility index (Phi) is 4.98. The third-order valence-electron chi connectivity index (χ3n) is 5.01. The molecule has 0 spiro atoms. The zero-order valence-corrected chi connectivity index (χ0v) is 16.3. The zero-order valence-electron chi connectivity index (χ0n) is 16.3. The van der Waals surface area contributed by atoms with Crippen LogP contribution < -0.4 is 5.73 Å². The molecular weight excluding hydrogens is 381 g/mol. The molecule has 2 N–H and O–H groups in total. The maximum atomic E-state index is 14.2. The molecule has 2 aromatic heterocycles. The zero-order chi connectivity index (χ0) is 21.3. The highest BCUT2D eigenvalue weighted by Gasteiger charge is 2.13. The van der Waals surface area contributed by atoms with Crippen molar-refractivity contribution in [2.75, 3.05) is 5.73 Å². The molecule has 0 aliphatic carbocycles. The molecule has 2 heterocycles. The predicted molar refractivity (Wildman–Crippen MR) is 111 cm³/mol. The summed E-state index contributed by atoms with van der Waals surface area (Å²) in [5.74, 6) is -0.323. The molecule has 0 saturated heterocycles. The Hall–Kier alpha value is -4.05. The van der Waals surface area contributed by atoms with Crippen LogP contribution in [0, 0.1) is 24.1 Å². The van der Waals surface area contributed by atoms with Gasteiger partial charge >= 0.3 is 0 Å². The number of carbonyl (C=O) groups is 1. The minimum absolute atomic E-state index is 0.0172. The van der Waals surface area contributed by atoms with Gasteiger partial charge in [-0.3, -0.25) is 9.20 Å². The van der Waals surface area contributed by atoms with Crippen LogP contribution in [0.2, 0.25) is 0 Å². The van der Waals surface area contributed by atoms with Crippen LogP contribution in [0.5, 0.6) is 0 Å². The number of aromatic nitrogens is 3. The number of nitrogens with zero attached hydrogens (tertiary/aromatic N) is 4. The second-order valence-corrected chi connectivity index (χ2v) is 7.12. The fourth-order valence-corrected chi connectivity index (χ4v) is 3.48. The molecule has 148 valence electrons. The van der Waals surface area contributed by atoms with Gasteiger partial charge in [0.25, 0.3) is 0 Å². The summed E-state index contributed by atoms with van der Waals surface area (Å²) in [4.78, 5) is 12.5. The quantitative estimate of drug-likeness (QED) is 0.552. The van der Waals surface area contributed by atoms with E-state index >= 15 is 0 Å². The lowest BCUT2D eigenvalue weighted by Crippen LogP contribution is -2.08. The van der Waals surface area contributed by atoms with Crippen LogP contribution in [0.15, 0.2) is 54.6 Å². The number of fused-ring (bicyclic) bond motifs is 1. The van der Waals surface area contributed by atoms with Gasteiger partial charge < -0.3 is 5.73 Å². The van der Waals surface area contributed by atoms with Crippen molar-refractivity contribution >= 4 is 17.4 Å². The van der Waals surface area contributed by atoms with E-state index in [4.69, 9.17) is 11.0 Å². The number of ketones is 1. The van der Waals surface area contributed by atoms with Gasteiger partial charge in [0.05, 0.1) is 17.3 Å². The Balaban J connectivity index is 1.51. The fourth-order valence-electron chi connectivity index (χ4n) is 3.48. The monoisotopic (exact) mass is 399 g/mol. The number of hydrogen-bond acceptors (Lipinski definition) is 5. The summed E-state index contributed by atoms with van der Waals surface area (Å²) < 4.78 is 15.9. The number of carbonyl (C=O) groups excluding carboxylic acids is 1. The van der Waals surface area contributed by atoms with Gasteiger partial charge in [0.1, 0.15) is 11.6 Å². The molecule has 4 aromatic rings. The van der Waals surface area contributed by atoms with Crippen LogP contribution in [0.25, 0.3) is 16.9 Å². The van der Waals surface area contributed by atoms with Gasteiger partial charge in [-0.25, -0.2) is 4.39 Å². The molecule has 0 bridgehead atoms. The minimum Gasteiger partial charge on any atom is -0.368 e. The summed E-state index contributed by atoms with van der Waals surface area (Å²) in [6.45, 7) is 1.73. The lowest BCUT2D eigenvalue weighted by Gasteiger charge is -2.08. The van der Waals surface area contributed by atoms with Crippen molar-refractivity contribution < 1.29 is 9.18 Å². The second-order valence-electron chi connectivity index (χ2n) is 7.12. The van der Waals surface area contributed by atoms with Gasteiger partial charge in [-0.1, -0.05) is 36.4 Å². The van der Waals surface area contributed by atoms with E-state index in [1.807, 2.05) is 48.5 Å². The minimum atomic E-state index is -0.527. The normalized spacial score (nSPS) is 10.8. The highest BCUT2D eigenvalue weighted by atomic mass is 19.1. The van der Waals surface area contributed by atoms with Crippen LogP contribution in [0.1, 0.15) is 22.3 Å². The second kappa shape index (κ2) is 7.76. The predicted octanol–water partition coefficient (Wildman–Crippen LogP) is 3.65. The molecular formula is C23H18FN5O. The highest BCUT2D eigenvalue weighted by molar-refractivity contribution is 5.83. The van der Waals surface area contributed by atoms with Crippen LogP contribution in [-0.2, 0) is 17.6 Å². The molecule has 0 radical (unpaired) electrons. The lowest BCUT2D eigenvalue weighted by atomic mass is 9.98. The van der Waals surface area contributed by atoms with Crippen LogP contribution in [0.3, 0.4) is 0 Å². The number of nitrogen functional groups attached to an aromatic ring is 1. The number of pyridine rings is 1. The molecule has 0 atom stereocenters. The van der Waals surface area contributed by atoms with Gasteiger partial charge in [0, 0.05) is 12.8 Å². The highest BCUT2D eigenvalue weighted by Crippen LogP contribution is 2.23. The van der Waals surface area contributed by atoms with Crippen LogP contribution >= 0.6 is 0 Å². The topological polar surface area (TPSA) is 97.1 Å². The summed E-state index contributed by atoms with van der Waals surface area (Å²) in [6.07, 6.45) is 0.175. The Bertz CT molecular complexity index is 1300. The van der Waals surface area contributed by atoms with Crippen molar-refractivity contribution in [3.63, 3.8) is 0 Å². The largest absolute Gasteiger partial charge is 0.368 e. The fraction of sp³-hybridized carbons (Fsp3) is 0.130. The molecule has 0 aliphatic rings. The average Bonchev–Trinajstić information content (AvgIpc) is 3.12. The Morgan fingerprint density at radius 1 is 1.13 bits per heavy atom. The first-order valence-electron chi connectivity index (χ1n) is 9.36. The van der Waals surface area contributed by atoms with Crippen LogP contribution in [-0.4, -0.2) is 20.4 Å². The first-order chi connectivity index (χ1) is 14.5. The van der Waals surface area contributed by atoms with Crippen molar-refractivity contribution in [1.82, 2.24) is 14.6 Å². The molecule has 7 heteroatoms. The number of nitriles is 1. The number of Topliss-reactive ketones (excluding diaryl/α,β-unsaturated/α-hetero) is 1. The van der Waals surface area contributed by atoms with E-state index in [2.05, 4.69) is 10.2 Å². The van der Waals surface area contributed by atoms with Gasteiger partial charge in [0.2, 0.25) is 5.95 Å². The maximum Gasteiger partial charge on any atom is 0.226 e. The molecule has 30 heavy (non-hydrogen) atoms. The van der Waals surface area contributed by atoms with Gasteiger partial charge in [-0.2, -0.15) is 5.26 Å². The van der Waals surface area contributed by atoms with E-state index in [0.717, 1.165) is 16.8 Å². The van der Waals surface area contributed by atoms with E-state index in [0.29, 0.717) is 22.7 Å². The van der Waals surface area contributed by atoms with Crippen molar-refractivity contribution in [2.24, 2.45) is 0 Å². The van der Waals surface area contributed by atoms with E-state index in [-0.39, 0.29) is 24.2 Å².